The molecule has 0 saturated heterocycles. The fraction of sp³-hybridized carbons (Fsp3) is 0.348. The van der Waals surface area contributed by atoms with Gasteiger partial charge in [0.1, 0.15) is 5.82 Å². The number of hydrogen-bond donors (Lipinski definition) is 0. The summed E-state index contributed by atoms with van der Waals surface area (Å²) in [6.07, 6.45) is 1.73. The van der Waals surface area contributed by atoms with E-state index in [-0.39, 0.29) is 17.4 Å². The molecule has 0 atom stereocenters. The van der Waals surface area contributed by atoms with E-state index in [1.165, 1.54) is 27.4 Å². The van der Waals surface area contributed by atoms with Crippen molar-refractivity contribution in [3.63, 3.8) is 0 Å². The topological polar surface area (TPSA) is 84.7 Å². The van der Waals surface area contributed by atoms with Crippen molar-refractivity contribution >= 4 is 17.7 Å². The third-order valence-corrected chi connectivity index (χ3v) is 5.63. The Morgan fingerprint density at radius 2 is 1.76 bits per heavy atom. The fourth-order valence-electron chi connectivity index (χ4n) is 3.11. The van der Waals surface area contributed by atoms with Gasteiger partial charge in [0.15, 0.2) is 22.5 Å². The molecule has 0 radical (unpaired) electrons. The Balaban J connectivity index is 2.05. The zero-order chi connectivity index (χ0) is 23.8. The molecule has 0 aliphatic rings. The molecule has 1 heterocycles. The minimum atomic E-state index is -0.460. The summed E-state index contributed by atoms with van der Waals surface area (Å²) < 4.78 is 37.8. The number of para-hydroxylation sites is 1. The van der Waals surface area contributed by atoms with E-state index in [0.29, 0.717) is 40.4 Å². The van der Waals surface area contributed by atoms with Crippen LogP contribution >= 0.6 is 11.8 Å². The van der Waals surface area contributed by atoms with Crippen LogP contribution in [-0.2, 0) is 9.53 Å². The van der Waals surface area contributed by atoms with Crippen molar-refractivity contribution in [1.82, 2.24) is 14.8 Å². The van der Waals surface area contributed by atoms with E-state index in [1.54, 1.807) is 34.9 Å². The van der Waals surface area contributed by atoms with Crippen LogP contribution in [-0.4, -0.2) is 54.4 Å². The first kappa shape index (κ1) is 24.4. The van der Waals surface area contributed by atoms with Gasteiger partial charge in [-0.3, -0.25) is 9.36 Å². The van der Waals surface area contributed by atoms with Gasteiger partial charge in [0.25, 0.3) is 0 Å². The summed E-state index contributed by atoms with van der Waals surface area (Å²) in [4.78, 5) is 12.1. The number of carbonyl (C=O) groups is 1. The molecule has 10 heteroatoms. The van der Waals surface area contributed by atoms with Gasteiger partial charge in [0.2, 0.25) is 5.75 Å². The highest BCUT2D eigenvalue weighted by molar-refractivity contribution is 7.99. The number of halogens is 1. The van der Waals surface area contributed by atoms with Crippen LogP contribution in [0.3, 0.4) is 0 Å². The average molecular weight is 476 g/mol. The highest BCUT2D eigenvalue weighted by atomic mass is 32.2. The number of esters is 1. The van der Waals surface area contributed by atoms with Gasteiger partial charge in [-0.05, 0) is 30.7 Å². The lowest BCUT2D eigenvalue weighted by Crippen LogP contribution is -2.09. The van der Waals surface area contributed by atoms with Crippen LogP contribution in [0.5, 0.6) is 17.2 Å². The van der Waals surface area contributed by atoms with Gasteiger partial charge >= 0.3 is 5.97 Å². The van der Waals surface area contributed by atoms with Gasteiger partial charge in [-0.1, -0.05) is 37.2 Å². The third kappa shape index (κ3) is 5.57. The maximum Gasteiger partial charge on any atom is 0.316 e. The number of carbonyl (C=O) groups excluding carboxylic acids is 1. The minimum Gasteiger partial charge on any atom is -0.493 e. The molecule has 1 aromatic heterocycles. The maximum absolute atomic E-state index is 14.8. The molecule has 0 bridgehead atoms. The Kier molecular flexibility index (Phi) is 8.53. The largest absolute Gasteiger partial charge is 0.493 e. The molecule has 0 amide bonds. The number of ether oxygens (including phenoxy) is 4. The van der Waals surface area contributed by atoms with E-state index >= 15 is 0 Å². The lowest BCUT2D eigenvalue weighted by Gasteiger charge is -2.15. The number of hydrogen-bond acceptors (Lipinski definition) is 8. The summed E-state index contributed by atoms with van der Waals surface area (Å²) in [5.41, 5.74) is 0.811. The zero-order valence-corrected chi connectivity index (χ0v) is 19.8. The number of benzene rings is 2. The van der Waals surface area contributed by atoms with Crippen molar-refractivity contribution in [2.24, 2.45) is 0 Å². The summed E-state index contributed by atoms with van der Waals surface area (Å²) in [7, 11) is 4.53. The quantitative estimate of drug-likeness (QED) is 0.227. The van der Waals surface area contributed by atoms with Gasteiger partial charge in [0.05, 0.1) is 39.4 Å². The second kappa shape index (κ2) is 11.6. The molecule has 0 unspecified atom stereocenters. The number of nitrogens with zero attached hydrogens (tertiary/aromatic N) is 3. The monoisotopic (exact) mass is 475 g/mol. The van der Waals surface area contributed by atoms with Crippen molar-refractivity contribution in [2.75, 3.05) is 33.7 Å². The van der Waals surface area contributed by atoms with Crippen LogP contribution in [0.15, 0.2) is 41.6 Å². The molecule has 0 saturated carbocycles. The van der Waals surface area contributed by atoms with Crippen LogP contribution in [0.2, 0.25) is 0 Å². The Morgan fingerprint density at radius 3 is 2.36 bits per heavy atom. The van der Waals surface area contributed by atoms with Gasteiger partial charge < -0.3 is 18.9 Å². The lowest BCUT2D eigenvalue weighted by atomic mass is 10.1. The molecule has 0 aliphatic carbocycles. The van der Waals surface area contributed by atoms with Gasteiger partial charge in [0, 0.05) is 5.56 Å². The van der Waals surface area contributed by atoms with Crippen molar-refractivity contribution in [2.45, 2.75) is 24.9 Å². The summed E-state index contributed by atoms with van der Waals surface area (Å²) >= 11 is 1.12. The summed E-state index contributed by atoms with van der Waals surface area (Å²) in [5.74, 6) is 0.800. The second-order valence-corrected chi connectivity index (χ2v) is 7.81. The molecule has 3 rings (SSSR count). The van der Waals surface area contributed by atoms with Gasteiger partial charge in [-0.25, -0.2) is 4.39 Å². The second-order valence-electron chi connectivity index (χ2n) is 6.87. The molecular weight excluding hydrogens is 449 g/mol. The van der Waals surface area contributed by atoms with Crippen molar-refractivity contribution in [1.29, 1.82) is 0 Å². The van der Waals surface area contributed by atoms with Crippen molar-refractivity contribution < 1.29 is 28.1 Å². The highest BCUT2D eigenvalue weighted by Crippen LogP contribution is 2.41. The first-order valence-electron chi connectivity index (χ1n) is 10.3. The molecule has 33 heavy (non-hydrogen) atoms. The number of rotatable bonds is 11. The smallest absolute Gasteiger partial charge is 0.316 e. The molecule has 176 valence electrons. The Hall–Kier alpha value is -3.27. The highest BCUT2D eigenvalue weighted by Gasteiger charge is 2.22. The van der Waals surface area contributed by atoms with E-state index in [2.05, 4.69) is 10.2 Å². The predicted octanol–water partition coefficient (Wildman–Crippen LogP) is 4.53. The van der Waals surface area contributed by atoms with Crippen LogP contribution in [0, 0.1) is 5.82 Å². The van der Waals surface area contributed by atoms with Crippen LogP contribution in [0.25, 0.3) is 17.1 Å². The molecule has 8 nitrogen and oxygen atoms in total. The first-order chi connectivity index (χ1) is 16.0. The lowest BCUT2D eigenvalue weighted by molar-refractivity contribution is -0.140. The normalized spacial score (nSPS) is 10.7. The summed E-state index contributed by atoms with van der Waals surface area (Å²) in [5, 5.41) is 8.85. The Bertz CT molecular complexity index is 1080. The maximum atomic E-state index is 14.8. The minimum absolute atomic E-state index is 0.0194. The fourth-order valence-corrected chi connectivity index (χ4v) is 3.85. The first-order valence-corrected chi connectivity index (χ1v) is 11.3. The molecule has 0 N–H and O–H groups in total. The van der Waals surface area contributed by atoms with Gasteiger partial charge in [-0.2, -0.15) is 0 Å². The molecule has 0 spiro atoms. The van der Waals surface area contributed by atoms with Crippen LogP contribution in [0.4, 0.5) is 4.39 Å². The Morgan fingerprint density at radius 1 is 1.06 bits per heavy atom. The van der Waals surface area contributed by atoms with Crippen LogP contribution in [0.1, 0.15) is 19.8 Å². The number of unbranched alkanes of at least 4 members (excludes halogenated alkanes) is 1. The SMILES string of the molecule is CCCCOC(=O)CSc1nnc(-c2cc(OC)c(OC)c(OC)c2)n1-c1ccccc1F. The molecule has 0 aliphatic heterocycles. The van der Waals surface area contributed by atoms with E-state index in [4.69, 9.17) is 18.9 Å². The van der Waals surface area contributed by atoms with E-state index < -0.39 is 5.82 Å². The predicted molar refractivity (Wildman–Crippen MR) is 123 cm³/mol. The van der Waals surface area contributed by atoms with Crippen molar-refractivity contribution in [3.05, 3.63) is 42.2 Å². The summed E-state index contributed by atoms with van der Waals surface area (Å²) in [6.45, 7) is 2.39. The number of thioether (sulfide) groups is 1. The molecule has 2 aromatic carbocycles. The average Bonchev–Trinajstić information content (AvgIpc) is 3.25. The molecule has 0 fully saturated rings. The van der Waals surface area contributed by atoms with E-state index in [9.17, 15) is 9.18 Å². The summed E-state index contributed by atoms with van der Waals surface area (Å²) in [6, 6.07) is 9.68. The molecule has 3 aromatic rings. The van der Waals surface area contributed by atoms with Crippen LogP contribution < -0.4 is 14.2 Å². The third-order valence-electron chi connectivity index (χ3n) is 4.73. The Labute approximate surface area is 196 Å². The molecular formula is C23H26FN3O5S. The van der Waals surface area contributed by atoms with E-state index in [1.807, 2.05) is 6.92 Å². The number of methoxy groups -OCH3 is 3. The van der Waals surface area contributed by atoms with Gasteiger partial charge in [-0.15, -0.1) is 10.2 Å². The zero-order valence-electron chi connectivity index (χ0n) is 19.0. The number of aromatic nitrogens is 3. The van der Waals surface area contributed by atoms with E-state index in [0.717, 1.165) is 24.6 Å². The van der Waals surface area contributed by atoms with Crippen molar-refractivity contribution in [3.8, 4) is 34.3 Å². The standard InChI is InChI=1S/C23H26FN3O5S/c1-5-6-11-32-20(28)14-33-23-26-25-22(27(23)17-10-8-7-9-16(17)24)15-12-18(29-2)21(31-4)19(13-15)30-3/h7-10,12-13H,5-6,11,14H2,1-4H3.